The van der Waals surface area contributed by atoms with Crippen LogP contribution in [0.1, 0.15) is 28.3 Å². The van der Waals surface area contributed by atoms with Gasteiger partial charge in [-0.2, -0.15) is 10.2 Å². The summed E-state index contributed by atoms with van der Waals surface area (Å²) in [5.74, 6) is -0.233. The Morgan fingerprint density at radius 2 is 2.32 bits per heavy atom. The lowest BCUT2D eigenvalue weighted by Crippen LogP contribution is -2.26. The Kier molecular flexibility index (Phi) is 3.84. The molecule has 2 aromatic heterocycles. The zero-order chi connectivity index (χ0) is 13.8. The molecule has 0 saturated heterocycles. The number of rotatable bonds is 5. The quantitative estimate of drug-likeness (QED) is 0.687. The van der Waals surface area contributed by atoms with Gasteiger partial charge < -0.3 is 11.1 Å². The molecule has 0 aliphatic rings. The minimum absolute atomic E-state index is 0.233. The highest BCUT2D eigenvalue weighted by Crippen LogP contribution is 2.05. The SMILES string of the molecule is Cc1cc(C)n(CCCNC(=O)c2[nH]ncc2N)n1. The summed E-state index contributed by atoms with van der Waals surface area (Å²) in [6.45, 7) is 5.32. The van der Waals surface area contributed by atoms with Crippen LogP contribution < -0.4 is 11.1 Å². The van der Waals surface area contributed by atoms with Crippen molar-refractivity contribution < 1.29 is 4.79 Å². The number of nitrogens with two attached hydrogens (primary N) is 1. The van der Waals surface area contributed by atoms with Crippen molar-refractivity contribution in [2.24, 2.45) is 0 Å². The van der Waals surface area contributed by atoms with Crippen LogP contribution in [0.15, 0.2) is 12.3 Å². The zero-order valence-corrected chi connectivity index (χ0v) is 11.1. The Bertz CT molecular complexity index is 571. The summed E-state index contributed by atoms with van der Waals surface area (Å²) in [5, 5.41) is 13.4. The van der Waals surface area contributed by atoms with Gasteiger partial charge in [-0.15, -0.1) is 0 Å². The van der Waals surface area contributed by atoms with Crippen molar-refractivity contribution >= 4 is 11.6 Å². The fourth-order valence-corrected chi connectivity index (χ4v) is 1.90. The van der Waals surface area contributed by atoms with Crippen LogP contribution >= 0.6 is 0 Å². The molecule has 2 heterocycles. The molecular formula is C12H18N6O. The van der Waals surface area contributed by atoms with Gasteiger partial charge >= 0.3 is 0 Å². The second-order valence-electron chi connectivity index (χ2n) is 4.46. The first-order chi connectivity index (χ1) is 9.08. The maximum Gasteiger partial charge on any atom is 0.271 e. The largest absolute Gasteiger partial charge is 0.396 e. The number of anilines is 1. The van der Waals surface area contributed by atoms with E-state index in [0.29, 0.717) is 17.9 Å². The van der Waals surface area contributed by atoms with E-state index in [9.17, 15) is 4.79 Å². The molecule has 2 aromatic rings. The second-order valence-corrected chi connectivity index (χ2v) is 4.46. The molecule has 0 fully saturated rings. The van der Waals surface area contributed by atoms with Gasteiger partial charge in [0.1, 0.15) is 5.69 Å². The van der Waals surface area contributed by atoms with Crippen molar-refractivity contribution in [2.75, 3.05) is 12.3 Å². The van der Waals surface area contributed by atoms with E-state index in [1.807, 2.05) is 24.6 Å². The normalized spacial score (nSPS) is 10.6. The maximum atomic E-state index is 11.7. The number of nitrogen functional groups attached to an aromatic ring is 1. The van der Waals surface area contributed by atoms with Crippen molar-refractivity contribution in [3.05, 3.63) is 29.3 Å². The van der Waals surface area contributed by atoms with Crippen LogP contribution in [0.2, 0.25) is 0 Å². The number of aromatic nitrogens is 4. The monoisotopic (exact) mass is 262 g/mol. The molecule has 2 rings (SSSR count). The molecule has 1 amide bonds. The number of aryl methyl sites for hydroxylation is 3. The number of amides is 1. The summed E-state index contributed by atoms with van der Waals surface area (Å²) in [6, 6.07) is 2.03. The first-order valence-corrected chi connectivity index (χ1v) is 6.16. The first kappa shape index (κ1) is 13.1. The number of carbonyl (C=O) groups is 1. The van der Waals surface area contributed by atoms with Crippen molar-refractivity contribution in [2.45, 2.75) is 26.8 Å². The number of H-pyrrole nitrogens is 1. The third-order valence-corrected chi connectivity index (χ3v) is 2.83. The van der Waals surface area contributed by atoms with Gasteiger partial charge in [0.2, 0.25) is 0 Å². The highest BCUT2D eigenvalue weighted by Gasteiger charge is 2.10. The number of hydrogen-bond donors (Lipinski definition) is 3. The summed E-state index contributed by atoms with van der Waals surface area (Å²) < 4.78 is 1.94. The zero-order valence-electron chi connectivity index (χ0n) is 11.1. The average molecular weight is 262 g/mol. The van der Waals surface area contributed by atoms with E-state index < -0.39 is 0 Å². The van der Waals surface area contributed by atoms with Crippen LogP contribution in [0.25, 0.3) is 0 Å². The highest BCUT2D eigenvalue weighted by molar-refractivity contribution is 5.96. The molecule has 0 atom stereocenters. The van der Waals surface area contributed by atoms with Gasteiger partial charge in [0.15, 0.2) is 0 Å². The predicted octanol–water partition coefficient (Wildman–Crippen LogP) is 0.625. The van der Waals surface area contributed by atoms with Gasteiger partial charge in [-0.05, 0) is 26.3 Å². The van der Waals surface area contributed by atoms with Gasteiger partial charge in [0.25, 0.3) is 5.91 Å². The van der Waals surface area contributed by atoms with Crippen LogP contribution in [0.5, 0.6) is 0 Å². The fraction of sp³-hybridized carbons (Fsp3) is 0.417. The molecule has 7 heteroatoms. The Morgan fingerprint density at radius 1 is 1.53 bits per heavy atom. The summed E-state index contributed by atoms with van der Waals surface area (Å²) in [7, 11) is 0. The minimum atomic E-state index is -0.233. The van der Waals surface area contributed by atoms with E-state index in [1.165, 1.54) is 6.20 Å². The van der Waals surface area contributed by atoms with E-state index in [-0.39, 0.29) is 5.91 Å². The Hall–Kier alpha value is -2.31. The van der Waals surface area contributed by atoms with Gasteiger partial charge in [-0.3, -0.25) is 14.6 Å². The van der Waals surface area contributed by atoms with Crippen molar-refractivity contribution in [1.29, 1.82) is 0 Å². The fourth-order valence-electron chi connectivity index (χ4n) is 1.90. The Balaban J connectivity index is 1.77. The topological polar surface area (TPSA) is 102 Å². The van der Waals surface area contributed by atoms with Crippen molar-refractivity contribution in [3.8, 4) is 0 Å². The Morgan fingerprint density at radius 3 is 2.89 bits per heavy atom. The standard InChI is InChI=1S/C12H18N6O/c1-8-6-9(2)18(17-8)5-3-4-14-12(19)11-10(13)7-15-16-11/h6-7H,3-5,13H2,1-2H3,(H,14,19)(H,15,16). The summed E-state index contributed by atoms with van der Waals surface area (Å²) in [4.78, 5) is 11.7. The molecule has 0 bridgehead atoms. The molecule has 0 aromatic carbocycles. The number of aromatic amines is 1. The maximum absolute atomic E-state index is 11.7. The molecule has 4 N–H and O–H groups in total. The second kappa shape index (κ2) is 5.55. The lowest BCUT2D eigenvalue weighted by molar-refractivity contribution is 0.0948. The van der Waals surface area contributed by atoms with Crippen LogP contribution in [0, 0.1) is 13.8 Å². The number of carbonyl (C=O) groups excluding carboxylic acids is 1. The molecule has 0 unspecified atom stereocenters. The lowest BCUT2D eigenvalue weighted by Gasteiger charge is -2.06. The lowest BCUT2D eigenvalue weighted by atomic mass is 10.3. The molecule has 0 spiro atoms. The molecule has 102 valence electrons. The number of nitrogens with zero attached hydrogens (tertiary/aromatic N) is 3. The molecular weight excluding hydrogens is 244 g/mol. The van der Waals surface area contributed by atoms with E-state index >= 15 is 0 Å². The molecule has 0 radical (unpaired) electrons. The smallest absolute Gasteiger partial charge is 0.271 e. The average Bonchev–Trinajstić information content (AvgIpc) is 2.91. The Labute approximate surface area is 111 Å². The molecule has 0 aliphatic carbocycles. The third-order valence-electron chi connectivity index (χ3n) is 2.83. The van der Waals surface area contributed by atoms with Crippen LogP contribution in [-0.2, 0) is 6.54 Å². The predicted molar refractivity (Wildman–Crippen MR) is 71.7 cm³/mol. The summed E-state index contributed by atoms with van der Waals surface area (Å²) in [5.41, 5.74) is 8.39. The van der Waals surface area contributed by atoms with Gasteiger partial charge in [0.05, 0.1) is 17.6 Å². The molecule has 0 saturated carbocycles. The molecule has 0 aliphatic heterocycles. The summed E-state index contributed by atoms with van der Waals surface area (Å²) >= 11 is 0. The van der Waals surface area contributed by atoms with Crippen molar-refractivity contribution in [3.63, 3.8) is 0 Å². The van der Waals surface area contributed by atoms with E-state index in [2.05, 4.69) is 20.6 Å². The van der Waals surface area contributed by atoms with Crippen LogP contribution in [0.3, 0.4) is 0 Å². The number of hydrogen-bond acceptors (Lipinski definition) is 4. The van der Waals surface area contributed by atoms with Gasteiger partial charge in [0, 0.05) is 18.8 Å². The number of nitrogens with one attached hydrogen (secondary N) is 2. The van der Waals surface area contributed by atoms with Crippen molar-refractivity contribution in [1.82, 2.24) is 25.3 Å². The van der Waals surface area contributed by atoms with E-state index in [1.54, 1.807) is 0 Å². The van der Waals surface area contributed by atoms with Gasteiger partial charge in [-0.25, -0.2) is 0 Å². The highest BCUT2D eigenvalue weighted by atomic mass is 16.1. The van der Waals surface area contributed by atoms with E-state index in [4.69, 9.17) is 5.73 Å². The van der Waals surface area contributed by atoms with Gasteiger partial charge in [-0.1, -0.05) is 0 Å². The summed E-state index contributed by atoms with van der Waals surface area (Å²) in [6.07, 6.45) is 2.23. The third kappa shape index (κ3) is 3.12. The van der Waals surface area contributed by atoms with E-state index in [0.717, 1.165) is 24.4 Å². The van der Waals surface area contributed by atoms with Crippen LogP contribution in [-0.4, -0.2) is 32.4 Å². The first-order valence-electron chi connectivity index (χ1n) is 6.16. The van der Waals surface area contributed by atoms with Crippen LogP contribution in [0.4, 0.5) is 5.69 Å². The minimum Gasteiger partial charge on any atom is -0.396 e. The molecule has 7 nitrogen and oxygen atoms in total. The molecule has 19 heavy (non-hydrogen) atoms.